The number of aromatic amines is 1. The molecule has 1 amide bonds. The van der Waals surface area contributed by atoms with E-state index in [9.17, 15) is 4.79 Å². The Labute approximate surface area is 123 Å². The molecule has 0 aliphatic rings. The Kier molecular flexibility index (Phi) is 3.71. The Hall–Kier alpha value is -2.59. The molecular formula is C17H17N3O. The quantitative estimate of drug-likeness (QED) is 0.687. The first-order valence-electron chi connectivity index (χ1n) is 6.89. The van der Waals surface area contributed by atoms with Crippen molar-refractivity contribution in [3.05, 3.63) is 65.9 Å². The van der Waals surface area contributed by atoms with Crippen LogP contribution >= 0.6 is 0 Å². The highest BCUT2D eigenvalue weighted by Crippen LogP contribution is 2.19. The first-order chi connectivity index (χ1) is 10.3. The van der Waals surface area contributed by atoms with Crippen molar-refractivity contribution < 1.29 is 4.79 Å². The van der Waals surface area contributed by atoms with E-state index in [1.54, 1.807) is 0 Å². The maximum atomic E-state index is 12.4. The summed E-state index contributed by atoms with van der Waals surface area (Å²) in [5.41, 5.74) is 3.45. The zero-order valence-corrected chi connectivity index (χ0v) is 11.8. The Morgan fingerprint density at radius 2 is 2.00 bits per heavy atom. The molecule has 0 radical (unpaired) electrons. The van der Waals surface area contributed by atoms with Crippen molar-refractivity contribution in [2.75, 3.05) is 12.4 Å². The number of carbonyl (C=O) groups excluding carboxylic acids is 1. The van der Waals surface area contributed by atoms with Crippen LogP contribution in [0.3, 0.4) is 0 Å². The molecule has 3 rings (SSSR count). The molecule has 0 atom stereocenters. The van der Waals surface area contributed by atoms with Crippen molar-refractivity contribution >= 4 is 22.5 Å². The molecule has 1 heterocycles. The summed E-state index contributed by atoms with van der Waals surface area (Å²) in [5, 5.41) is 7.09. The molecule has 21 heavy (non-hydrogen) atoms. The molecule has 2 aromatic carbocycles. The monoisotopic (exact) mass is 279 g/mol. The minimum absolute atomic E-state index is 0.107. The molecule has 0 spiro atoms. The van der Waals surface area contributed by atoms with E-state index in [2.05, 4.69) is 15.6 Å². The fourth-order valence-corrected chi connectivity index (χ4v) is 2.44. The van der Waals surface area contributed by atoms with Crippen LogP contribution in [0.15, 0.2) is 54.7 Å². The molecule has 0 fully saturated rings. The SMILES string of the molecule is CNCc1cccc(NC(=O)c2cccc3cc[nH]c23)c1. The van der Waals surface area contributed by atoms with Gasteiger partial charge in [-0.25, -0.2) is 0 Å². The van der Waals surface area contributed by atoms with Crippen molar-refractivity contribution in [2.24, 2.45) is 0 Å². The van der Waals surface area contributed by atoms with Crippen LogP contribution in [0.5, 0.6) is 0 Å². The van der Waals surface area contributed by atoms with Gasteiger partial charge in [0.1, 0.15) is 0 Å². The highest BCUT2D eigenvalue weighted by atomic mass is 16.1. The summed E-state index contributed by atoms with van der Waals surface area (Å²) < 4.78 is 0. The minimum atomic E-state index is -0.107. The minimum Gasteiger partial charge on any atom is -0.361 e. The van der Waals surface area contributed by atoms with Gasteiger partial charge < -0.3 is 15.6 Å². The number of carbonyl (C=O) groups is 1. The van der Waals surface area contributed by atoms with Gasteiger partial charge in [0.25, 0.3) is 5.91 Å². The number of anilines is 1. The van der Waals surface area contributed by atoms with Crippen molar-refractivity contribution in [1.82, 2.24) is 10.3 Å². The van der Waals surface area contributed by atoms with Gasteiger partial charge in [-0.15, -0.1) is 0 Å². The number of aromatic nitrogens is 1. The first-order valence-corrected chi connectivity index (χ1v) is 6.89. The van der Waals surface area contributed by atoms with E-state index in [1.165, 1.54) is 0 Å². The van der Waals surface area contributed by atoms with Crippen LogP contribution in [-0.2, 0) is 6.54 Å². The number of hydrogen-bond acceptors (Lipinski definition) is 2. The summed E-state index contributed by atoms with van der Waals surface area (Å²) in [6, 6.07) is 15.5. The highest BCUT2D eigenvalue weighted by molar-refractivity contribution is 6.12. The second-order valence-electron chi connectivity index (χ2n) is 4.93. The molecule has 0 aliphatic carbocycles. The second-order valence-corrected chi connectivity index (χ2v) is 4.93. The molecule has 4 nitrogen and oxygen atoms in total. The Balaban J connectivity index is 1.86. The van der Waals surface area contributed by atoms with Crippen LogP contribution in [0.25, 0.3) is 10.9 Å². The average molecular weight is 279 g/mol. The van der Waals surface area contributed by atoms with Crippen LogP contribution in [-0.4, -0.2) is 17.9 Å². The molecule has 106 valence electrons. The van der Waals surface area contributed by atoms with Gasteiger partial charge in [-0.3, -0.25) is 4.79 Å². The van der Waals surface area contributed by atoms with Gasteiger partial charge in [0, 0.05) is 23.8 Å². The predicted octanol–water partition coefficient (Wildman–Crippen LogP) is 3.14. The normalized spacial score (nSPS) is 10.7. The van der Waals surface area contributed by atoms with Gasteiger partial charge in [0.15, 0.2) is 0 Å². The van der Waals surface area contributed by atoms with Crippen molar-refractivity contribution in [3.63, 3.8) is 0 Å². The standard InChI is InChI=1S/C17H17N3O/c1-18-11-12-4-2-6-14(10-12)20-17(21)15-7-3-5-13-8-9-19-16(13)15/h2-10,18-19H,11H2,1H3,(H,20,21). The lowest BCUT2D eigenvalue weighted by Crippen LogP contribution is -2.13. The van der Waals surface area contributed by atoms with E-state index in [1.807, 2.05) is 61.8 Å². The molecule has 0 unspecified atom stereocenters. The number of amides is 1. The molecule has 3 N–H and O–H groups in total. The van der Waals surface area contributed by atoms with Gasteiger partial charge in [-0.1, -0.05) is 24.3 Å². The zero-order chi connectivity index (χ0) is 14.7. The van der Waals surface area contributed by atoms with Crippen molar-refractivity contribution in [2.45, 2.75) is 6.54 Å². The lowest BCUT2D eigenvalue weighted by molar-refractivity contribution is 0.102. The number of H-pyrrole nitrogens is 1. The lowest BCUT2D eigenvalue weighted by atomic mass is 10.1. The van der Waals surface area contributed by atoms with E-state index in [0.717, 1.165) is 28.7 Å². The Morgan fingerprint density at radius 3 is 2.86 bits per heavy atom. The van der Waals surface area contributed by atoms with Gasteiger partial charge >= 0.3 is 0 Å². The topological polar surface area (TPSA) is 56.9 Å². The number of hydrogen-bond donors (Lipinski definition) is 3. The molecule has 0 saturated carbocycles. The Morgan fingerprint density at radius 1 is 1.14 bits per heavy atom. The van der Waals surface area contributed by atoms with Gasteiger partial charge in [-0.05, 0) is 36.9 Å². The molecule has 0 aliphatic heterocycles. The van der Waals surface area contributed by atoms with Crippen molar-refractivity contribution in [3.8, 4) is 0 Å². The summed E-state index contributed by atoms with van der Waals surface area (Å²) in [6.07, 6.45) is 1.84. The summed E-state index contributed by atoms with van der Waals surface area (Å²) >= 11 is 0. The summed E-state index contributed by atoms with van der Waals surface area (Å²) in [7, 11) is 1.90. The smallest absolute Gasteiger partial charge is 0.257 e. The lowest BCUT2D eigenvalue weighted by Gasteiger charge is -2.08. The largest absolute Gasteiger partial charge is 0.361 e. The molecule has 0 saturated heterocycles. The Bertz CT molecular complexity index is 776. The number of fused-ring (bicyclic) bond motifs is 1. The molecule has 4 heteroatoms. The van der Waals surface area contributed by atoms with Crippen LogP contribution < -0.4 is 10.6 Å². The van der Waals surface area contributed by atoms with E-state index in [0.29, 0.717) is 5.56 Å². The van der Waals surface area contributed by atoms with Gasteiger partial charge in [-0.2, -0.15) is 0 Å². The fourth-order valence-electron chi connectivity index (χ4n) is 2.44. The maximum Gasteiger partial charge on any atom is 0.257 e. The van der Waals surface area contributed by atoms with Crippen LogP contribution in [0, 0.1) is 0 Å². The number of para-hydroxylation sites is 1. The summed E-state index contributed by atoms with van der Waals surface area (Å²) in [4.78, 5) is 15.6. The number of benzene rings is 2. The summed E-state index contributed by atoms with van der Waals surface area (Å²) in [5.74, 6) is -0.107. The third kappa shape index (κ3) is 2.80. The van der Waals surface area contributed by atoms with Crippen LogP contribution in [0.4, 0.5) is 5.69 Å². The van der Waals surface area contributed by atoms with Crippen LogP contribution in [0.2, 0.25) is 0 Å². The fraction of sp³-hybridized carbons (Fsp3) is 0.118. The molecule has 1 aromatic heterocycles. The van der Waals surface area contributed by atoms with Gasteiger partial charge in [0.2, 0.25) is 0 Å². The molecule has 3 aromatic rings. The highest BCUT2D eigenvalue weighted by Gasteiger charge is 2.11. The molecule has 0 bridgehead atoms. The van der Waals surface area contributed by atoms with E-state index in [-0.39, 0.29) is 5.91 Å². The zero-order valence-electron chi connectivity index (χ0n) is 11.8. The predicted molar refractivity (Wildman–Crippen MR) is 85.5 cm³/mol. The van der Waals surface area contributed by atoms with Crippen molar-refractivity contribution in [1.29, 1.82) is 0 Å². The maximum absolute atomic E-state index is 12.4. The second kappa shape index (κ2) is 5.81. The van der Waals surface area contributed by atoms with E-state index in [4.69, 9.17) is 0 Å². The summed E-state index contributed by atoms with van der Waals surface area (Å²) in [6.45, 7) is 0.774. The van der Waals surface area contributed by atoms with Gasteiger partial charge in [0.05, 0.1) is 11.1 Å². The molecular weight excluding hydrogens is 262 g/mol. The van der Waals surface area contributed by atoms with Crippen LogP contribution in [0.1, 0.15) is 15.9 Å². The first kappa shape index (κ1) is 13.4. The average Bonchev–Trinajstić information content (AvgIpc) is 2.96. The van der Waals surface area contributed by atoms with E-state index >= 15 is 0 Å². The number of rotatable bonds is 4. The third-order valence-electron chi connectivity index (χ3n) is 3.40. The third-order valence-corrected chi connectivity index (χ3v) is 3.40. The van der Waals surface area contributed by atoms with E-state index < -0.39 is 0 Å². The number of nitrogens with one attached hydrogen (secondary N) is 3.